The van der Waals surface area contributed by atoms with Crippen LogP contribution >= 0.6 is 0 Å². The van der Waals surface area contributed by atoms with Gasteiger partial charge in [0.1, 0.15) is 0 Å². The average Bonchev–Trinajstić information content (AvgIpc) is 2.36. The molecule has 0 saturated heterocycles. The Balaban J connectivity index is 1.93. The number of benzene rings is 1. The lowest BCUT2D eigenvalue weighted by molar-refractivity contribution is -0.0523. The molecule has 2 rings (SSSR count). The fraction of sp³-hybridized carbons (Fsp3) is 0.647. The number of aryl methyl sites for hydroxylation is 1. The van der Waals surface area contributed by atoms with Crippen LogP contribution in [0.15, 0.2) is 24.3 Å². The van der Waals surface area contributed by atoms with Crippen molar-refractivity contribution in [3.63, 3.8) is 0 Å². The quantitative estimate of drug-likeness (QED) is 0.897. The van der Waals surface area contributed by atoms with Gasteiger partial charge in [0.25, 0.3) is 0 Å². The number of fused-ring (bicyclic) bond motifs is 1. The van der Waals surface area contributed by atoms with Crippen LogP contribution in [0.2, 0.25) is 0 Å². The Bertz CT molecular complexity index is 406. The fourth-order valence-corrected chi connectivity index (χ4v) is 2.84. The fourth-order valence-electron chi connectivity index (χ4n) is 2.84. The lowest BCUT2D eigenvalue weighted by Crippen LogP contribution is -2.27. The van der Waals surface area contributed by atoms with Gasteiger partial charge in [-0.2, -0.15) is 0 Å². The Labute approximate surface area is 116 Å². The third-order valence-corrected chi connectivity index (χ3v) is 3.76. The van der Waals surface area contributed by atoms with E-state index in [4.69, 9.17) is 4.74 Å². The second kappa shape index (κ2) is 6.06. The van der Waals surface area contributed by atoms with Gasteiger partial charge < -0.3 is 9.84 Å². The highest BCUT2D eigenvalue weighted by Gasteiger charge is 2.23. The summed E-state index contributed by atoms with van der Waals surface area (Å²) in [5.74, 6) is 0.489. The third-order valence-electron chi connectivity index (χ3n) is 3.76. The highest BCUT2D eigenvalue weighted by molar-refractivity contribution is 5.32. The zero-order valence-electron chi connectivity index (χ0n) is 12.4. The maximum absolute atomic E-state index is 10.2. The SMILES string of the molecule is CC(C)(C)OCC(O)CC1CCCc2ccccc21. The zero-order valence-corrected chi connectivity index (χ0v) is 12.4. The number of hydrogen-bond acceptors (Lipinski definition) is 2. The van der Waals surface area contributed by atoms with Crippen LogP contribution in [0.5, 0.6) is 0 Å². The first-order chi connectivity index (χ1) is 8.96. The Kier molecular flexibility index (Phi) is 4.64. The van der Waals surface area contributed by atoms with Gasteiger partial charge >= 0.3 is 0 Å². The van der Waals surface area contributed by atoms with Gasteiger partial charge in [0.15, 0.2) is 0 Å². The molecule has 0 bridgehead atoms. The summed E-state index contributed by atoms with van der Waals surface area (Å²) in [5.41, 5.74) is 2.72. The molecule has 1 N–H and O–H groups in total. The Morgan fingerprint density at radius 2 is 2.05 bits per heavy atom. The van der Waals surface area contributed by atoms with Crippen LogP contribution in [0, 0.1) is 0 Å². The molecule has 2 nitrogen and oxygen atoms in total. The minimum Gasteiger partial charge on any atom is -0.391 e. The van der Waals surface area contributed by atoms with Crippen LogP contribution < -0.4 is 0 Å². The lowest BCUT2D eigenvalue weighted by Gasteiger charge is -2.28. The summed E-state index contributed by atoms with van der Waals surface area (Å²) in [6.07, 6.45) is 4.04. The molecule has 0 aliphatic heterocycles. The minimum absolute atomic E-state index is 0.175. The molecular formula is C17H26O2. The molecule has 0 saturated carbocycles. The molecule has 1 aliphatic carbocycles. The van der Waals surface area contributed by atoms with Crippen molar-refractivity contribution in [3.8, 4) is 0 Å². The van der Waals surface area contributed by atoms with Gasteiger partial charge in [-0.1, -0.05) is 24.3 Å². The third kappa shape index (κ3) is 4.32. The van der Waals surface area contributed by atoms with Crippen molar-refractivity contribution in [2.45, 2.75) is 64.1 Å². The van der Waals surface area contributed by atoms with Crippen molar-refractivity contribution in [3.05, 3.63) is 35.4 Å². The molecular weight excluding hydrogens is 236 g/mol. The molecule has 19 heavy (non-hydrogen) atoms. The van der Waals surface area contributed by atoms with Crippen LogP contribution in [-0.4, -0.2) is 23.4 Å². The number of rotatable bonds is 4. The monoisotopic (exact) mass is 262 g/mol. The first-order valence-electron chi connectivity index (χ1n) is 7.35. The molecule has 1 aromatic rings. The van der Waals surface area contributed by atoms with E-state index in [0.717, 1.165) is 6.42 Å². The Morgan fingerprint density at radius 3 is 2.79 bits per heavy atom. The molecule has 1 aliphatic rings. The predicted molar refractivity (Wildman–Crippen MR) is 78.4 cm³/mol. The normalized spacial score (nSPS) is 20.9. The summed E-state index contributed by atoms with van der Waals surface area (Å²) in [6.45, 7) is 6.50. The van der Waals surface area contributed by atoms with Crippen LogP contribution in [0.1, 0.15) is 57.1 Å². The summed E-state index contributed by atoms with van der Waals surface area (Å²) < 4.78 is 5.67. The summed E-state index contributed by atoms with van der Waals surface area (Å²) in [5, 5.41) is 10.2. The van der Waals surface area contributed by atoms with Gasteiger partial charge in [0, 0.05) is 0 Å². The minimum atomic E-state index is -0.365. The van der Waals surface area contributed by atoms with Gasteiger partial charge in [-0.25, -0.2) is 0 Å². The first-order valence-corrected chi connectivity index (χ1v) is 7.35. The Hall–Kier alpha value is -0.860. The molecule has 0 fully saturated rings. The van der Waals surface area contributed by atoms with Gasteiger partial charge in [-0.15, -0.1) is 0 Å². The molecule has 106 valence electrons. The van der Waals surface area contributed by atoms with Crippen molar-refractivity contribution in [1.29, 1.82) is 0 Å². The molecule has 2 atom stereocenters. The van der Waals surface area contributed by atoms with Crippen LogP contribution in [-0.2, 0) is 11.2 Å². The van der Waals surface area contributed by atoms with E-state index in [0.29, 0.717) is 12.5 Å². The van der Waals surface area contributed by atoms with Crippen molar-refractivity contribution < 1.29 is 9.84 Å². The molecule has 0 aromatic heterocycles. The van der Waals surface area contributed by atoms with E-state index in [-0.39, 0.29) is 11.7 Å². The standard InChI is InChI=1S/C17H26O2/c1-17(2,3)19-12-15(18)11-14-9-6-8-13-7-4-5-10-16(13)14/h4-5,7,10,14-15,18H,6,8-9,11-12H2,1-3H3. The summed E-state index contributed by atoms with van der Waals surface area (Å²) in [7, 11) is 0. The molecule has 1 aromatic carbocycles. The van der Waals surface area contributed by atoms with E-state index >= 15 is 0 Å². The van der Waals surface area contributed by atoms with Gasteiger partial charge in [0.2, 0.25) is 0 Å². The maximum atomic E-state index is 10.2. The van der Waals surface area contributed by atoms with Gasteiger partial charge in [-0.05, 0) is 63.5 Å². The second-order valence-corrected chi connectivity index (χ2v) is 6.60. The number of ether oxygens (including phenoxy) is 1. The maximum Gasteiger partial charge on any atom is 0.0779 e. The van der Waals surface area contributed by atoms with E-state index in [1.165, 1.54) is 30.4 Å². The highest BCUT2D eigenvalue weighted by Crippen LogP contribution is 2.34. The molecule has 0 amide bonds. The van der Waals surface area contributed by atoms with Gasteiger partial charge in [-0.3, -0.25) is 0 Å². The summed E-state index contributed by atoms with van der Waals surface area (Å²) in [4.78, 5) is 0. The largest absolute Gasteiger partial charge is 0.391 e. The molecule has 2 unspecified atom stereocenters. The smallest absolute Gasteiger partial charge is 0.0779 e. The van der Waals surface area contributed by atoms with Gasteiger partial charge in [0.05, 0.1) is 18.3 Å². The van der Waals surface area contributed by atoms with Crippen LogP contribution in [0.4, 0.5) is 0 Å². The van der Waals surface area contributed by atoms with Crippen molar-refractivity contribution in [1.82, 2.24) is 0 Å². The topological polar surface area (TPSA) is 29.5 Å². The molecule has 0 radical (unpaired) electrons. The second-order valence-electron chi connectivity index (χ2n) is 6.60. The first kappa shape index (κ1) is 14.5. The van der Waals surface area contributed by atoms with Crippen LogP contribution in [0.3, 0.4) is 0 Å². The van der Waals surface area contributed by atoms with E-state index in [1.54, 1.807) is 0 Å². The molecule has 0 heterocycles. The van der Waals surface area contributed by atoms with Crippen molar-refractivity contribution in [2.24, 2.45) is 0 Å². The summed E-state index contributed by atoms with van der Waals surface area (Å²) in [6, 6.07) is 8.66. The Morgan fingerprint density at radius 1 is 1.32 bits per heavy atom. The highest BCUT2D eigenvalue weighted by atomic mass is 16.5. The molecule has 0 spiro atoms. The molecule has 2 heteroatoms. The van der Waals surface area contributed by atoms with Crippen LogP contribution in [0.25, 0.3) is 0 Å². The lowest BCUT2D eigenvalue weighted by atomic mass is 9.80. The van der Waals surface area contributed by atoms with Crippen molar-refractivity contribution >= 4 is 0 Å². The summed E-state index contributed by atoms with van der Waals surface area (Å²) >= 11 is 0. The number of hydrogen-bond donors (Lipinski definition) is 1. The zero-order chi connectivity index (χ0) is 13.9. The number of aliphatic hydroxyl groups is 1. The van der Waals surface area contributed by atoms with E-state index in [1.807, 2.05) is 20.8 Å². The van der Waals surface area contributed by atoms with E-state index in [2.05, 4.69) is 24.3 Å². The van der Waals surface area contributed by atoms with E-state index in [9.17, 15) is 5.11 Å². The number of aliphatic hydroxyl groups excluding tert-OH is 1. The average molecular weight is 262 g/mol. The van der Waals surface area contributed by atoms with Crippen molar-refractivity contribution in [2.75, 3.05) is 6.61 Å². The predicted octanol–water partition coefficient (Wildman–Crippen LogP) is 3.67. The van der Waals surface area contributed by atoms with E-state index < -0.39 is 0 Å².